The maximum Gasteiger partial charge on any atom is 0.314 e. The second kappa shape index (κ2) is 4.52. The Kier molecular flexibility index (Phi) is 3.23. The van der Waals surface area contributed by atoms with Crippen LogP contribution in [0.4, 0.5) is 0 Å². The fourth-order valence-corrected chi connectivity index (χ4v) is 3.12. The topological polar surface area (TPSA) is 26.3 Å². The van der Waals surface area contributed by atoms with Crippen molar-refractivity contribution in [2.75, 3.05) is 0 Å². The summed E-state index contributed by atoms with van der Waals surface area (Å²) < 4.78 is 5.17. The molecule has 1 saturated heterocycles. The molecule has 0 amide bonds. The predicted octanol–water partition coefficient (Wildman–Crippen LogP) is 3.47. The zero-order valence-electron chi connectivity index (χ0n) is 10.4. The van der Waals surface area contributed by atoms with Crippen molar-refractivity contribution < 1.29 is 9.53 Å². The van der Waals surface area contributed by atoms with E-state index in [4.69, 9.17) is 4.74 Å². The zero-order chi connectivity index (χ0) is 12.6. The highest BCUT2D eigenvalue weighted by atomic mass is 16.5. The van der Waals surface area contributed by atoms with Gasteiger partial charge in [0.25, 0.3) is 0 Å². The van der Waals surface area contributed by atoms with Gasteiger partial charge in [-0.05, 0) is 31.1 Å². The number of ether oxygens (including phenoxy) is 1. The molecule has 0 aromatic heterocycles. The van der Waals surface area contributed by atoms with E-state index in [2.05, 4.69) is 26.7 Å². The van der Waals surface area contributed by atoms with Crippen LogP contribution >= 0.6 is 0 Å². The summed E-state index contributed by atoms with van der Waals surface area (Å²) in [7, 11) is 0. The van der Waals surface area contributed by atoms with Gasteiger partial charge in [-0.15, -0.1) is 6.58 Å². The van der Waals surface area contributed by atoms with Crippen molar-refractivity contribution in [3.63, 3.8) is 0 Å². The molecule has 1 aliphatic heterocycles. The fraction of sp³-hybridized carbons (Fsp3) is 0.533. The molecule has 0 radical (unpaired) electrons. The minimum Gasteiger partial charge on any atom is -0.431 e. The van der Waals surface area contributed by atoms with E-state index >= 15 is 0 Å². The first-order valence-electron chi connectivity index (χ1n) is 6.29. The lowest BCUT2D eigenvalue weighted by molar-refractivity contribution is -0.140. The lowest BCUT2D eigenvalue weighted by atomic mass is 9.66. The number of hydrogen-bond acceptors (Lipinski definition) is 2. The summed E-state index contributed by atoms with van der Waals surface area (Å²) in [5.74, 6) is 1.49. The van der Waals surface area contributed by atoms with Crippen LogP contribution in [0.2, 0.25) is 0 Å². The molecule has 2 heteroatoms. The van der Waals surface area contributed by atoms with E-state index in [1.54, 1.807) is 0 Å². The lowest BCUT2D eigenvalue weighted by Gasteiger charge is -2.36. The average molecular weight is 232 g/mol. The Morgan fingerprint density at radius 1 is 1.47 bits per heavy atom. The quantitative estimate of drug-likeness (QED) is 0.550. The highest BCUT2D eigenvalue weighted by molar-refractivity contribution is 5.77. The van der Waals surface area contributed by atoms with E-state index < -0.39 is 0 Å². The fourth-order valence-electron chi connectivity index (χ4n) is 3.12. The SMILES string of the molecule is C=CC1CC2C(=O)OC(=C)C2CC1C(=C)CC. The first kappa shape index (κ1) is 12.2. The third-order valence-electron chi connectivity index (χ3n) is 4.27. The molecule has 1 aliphatic carbocycles. The summed E-state index contributed by atoms with van der Waals surface area (Å²) in [5, 5.41) is 0. The van der Waals surface area contributed by atoms with Gasteiger partial charge in [0.1, 0.15) is 5.76 Å². The number of carbonyl (C=O) groups is 1. The van der Waals surface area contributed by atoms with Crippen LogP contribution in [0.25, 0.3) is 0 Å². The molecule has 0 bridgehead atoms. The van der Waals surface area contributed by atoms with Crippen molar-refractivity contribution >= 4 is 5.97 Å². The van der Waals surface area contributed by atoms with Gasteiger partial charge in [0.2, 0.25) is 0 Å². The Labute approximate surface area is 103 Å². The van der Waals surface area contributed by atoms with E-state index in [9.17, 15) is 4.79 Å². The first-order valence-corrected chi connectivity index (χ1v) is 6.29. The van der Waals surface area contributed by atoms with Crippen molar-refractivity contribution in [1.29, 1.82) is 0 Å². The summed E-state index contributed by atoms with van der Waals surface area (Å²) in [6, 6.07) is 0. The molecule has 2 fully saturated rings. The molecule has 1 heterocycles. The standard InChI is InChI=1S/C15H20O2/c1-5-9(3)12-8-13-10(4)17-15(16)14(13)7-11(12)6-2/h6,11-14H,2-5,7-8H2,1H3. The molecule has 2 rings (SSSR count). The van der Waals surface area contributed by atoms with Gasteiger partial charge in [-0.1, -0.05) is 31.7 Å². The average Bonchev–Trinajstić information content (AvgIpc) is 2.62. The lowest BCUT2D eigenvalue weighted by Crippen LogP contribution is -2.32. The van der Waals surface area contributed by atoms with Gasteiger partial charge in [0.15, 0.2) is 0 Å². The van der Waals surface area contributed by atoms with Crippen molar-refractivity contribution in [3.05, 3.63) is 37.1 Å². The number of esters is 1. The second-order valence-electron chi connectivity index (χ2n) is 5.09. The monoisotopic (exact) mass is 232 g/mol. The van der Waals surface area contributed by atoms with Gasteiger partial charge in [-0.3, -0.25) is 4.79 Å². The number of allylic oxidation sites excluding steroid dienone is 3. The normalized spacial score (nSPS) is 36.3. The molecular weight excluding hydrogens is 212 g/mol. The minimum absolute atomic E-state index is 0.00796. The smallest absolute Gasteiger partial charge is 0.314 e. The van der Waals surface area contributed by atoms with Gasteiger partial charge in [-0.2, -0.15) is 0 Å². The molecule has 0 aromatic rings. The van der Waals surface area contributed by atoms with Gasteiger partial charge >= 0.3 is 5.97 Å². The summed E-state index contributed by atoms with van der Waals surface area (Å²) in [6.45, 7) is 14.0. The zero-order valence-corrected chi connectivity index (χ0v) is 10.4. The van der Waals surface area contributed by atoms with Crippen LogP contribution in [0.1, 0.15) is 26.2 Å². The third kappa shape index (κ3) is 1.97. The molecule has 92 valence electrons. The van der Waals surface area contributed by atoms with Crippen LogP contribution in [0.3, 0.4) is 0 Å². The van der Waals surface area contributed by atoms with Crippen LogP contribution in [-0.2, 0) is 9.53 Å². The molecule has 2 nitrogen and oxygen atoms in total. The largest absolute Gasteiger partial charge is 0.431 e. The Hall–Kier alpha value is -1.31. The van der Waals surface area contributed by atoms with Crippen molar-refractivity contribution in [3.8, 4) is 0 Å². The Bertz CT molecular complexity index is 380. The number of cyclic esters (lactones) is 1. The van der Waals surface area contributed by atoms with Crippen LogP contribution in [0, 0.1) is 23.7 Å². The number of carbonyl (C=O) groups excluding carboxylic acids is 1. The predicted molar refractivity (Wildman–Crippen MR) is 68.1 cm³/mol. The maximum atomic E-state index is 11.7. The van der Waals surface area contributed by atoms with E-state index in [-0.39, 0.29) is 17.8 Å². The molecule has 0 N–H and O–H groups in total. The number of fused-ring (bicyclic) bond motifs is 1. The molecule has 4 atom stereocenters. The molecular formula is C15H20O2. The highest BCUT2D eigenvalue weighted by Gasteiger charge is 2.47. The summed E-state index contributed by atoms with van der Waals surface area (Å²) in [4.78, 5) is 11.7. The van der Waals surface area contributed by atoms with Crippen LogP contribution in [0.15, 0.2) is 37.1 Å². The third-order valence-corrected chi connectivity index (χ3v) is 4.27. The molecule has 0 spiro atoms. The summed E-state index contributed by atoms with van der Waals surface area (Å²) >= 11 is 0. The molecule has 4 unspecified atom stereocenters. The number of hydrogen-bond donors (Lipinski definition) is 0. The van der Waals surface area contributed by atoms with Gasteiger partial charge in [-0.25, -0.2) is 0 Å². The van der Waals surface area contributed by atoms with Gasteiger partial charge in [0.05, 0.1) is 5.92 Å². The van der Waals surface area contributed by atoms with Crippen molar-refractivity contribution in [2.24, 2.45) is 23.7 Å². The van der Waals surface area contributed by atoms with E-state index in [0.29, 0.717) is 17.6 Å². The Morgan fingerprint density at radius 2 is 2.18 bits per heavy atom. The molecule has 1 saturated carbocycles. The maximum absolute atomic E-state index is 11.7. The second-order valence-corrected chi connectivity index (χ2v) is 5.09. The van der Waals surface area contributed by atoms with Crippen LogP contribution < -0.4 is 0 Å². The Balaban J connectivity index is 2.22. The van der Waals surface area contributed by atoms with E-state index in [1.165, 1.54) is 5.57 Å². The first-order chi connectivity index (χ1) is 8.08. The van der Waals surface area contributed by atoms with Crippen molar-refractivity contribution in [2.45, 2.75) is 26.2 Å². The molecule has 17 heavy (non-hydrogen) atoms. The molecule has 2 aliphatic rings. The van der Waals surface area contributed by atoms with Crippen LogP contribution in [0.5, 0.6) is 0 Å². The van der Waals surface area contributed by atoms with Crippen LogP contribution in [-0.4, -0.2) is 5.97 Å². The number of rotatable bonds is 3. The highest BCUT2D eigenvalue weighted by Crippen LogP contribution is 2.48. The summed E-state index contributed by atoms with van der Waals surface area (Å²) in [6.07, 6.45) is 4.71. The summed E-state index contributed by atoms with van der Waals surface area (Å²) in [5.41, 5.74) is 1.25. The van der Waals surface area contributed by atoms with E-state index in [1.807, 2.05) is 6.08 Å². The molecule has 0 aromatic carbocycles. The van der Waals surface area contributed by atoms with E-state index in [0.717, 1.165) is 19.3 Å². The Morgan fingerprint density at radius 3 is 2.76 bits per heavy atom. The van der Waals surface area contributed by atoms with Gasteiger partial charge < -0.3 is 4.74 Å². The van der Waals surface area contributed by atoms with Gasteiger partial charge in [0, 0.05) is 5.92 Å². The van der Waals surface area contributed by atoms with Crippen molar-refractivity contribution in [1.82, 2.24) is 0 Å². The minimum atomic E-state index is -0.104.